The van der Waals surface area contributed by atoms with Crippen LogP contribution in [0.25, 0.3) is 11.1 Å². The number of halogens is 3. The van der Waals surface area contributed by atoms with Crippen molar-refractivity contribution in [2.45, 2.75) is 65.0 Å². The van der Waals surface area contributed by atoms with Crippen molar-refractivity contribution in [1.82, 2.24) is 4.90 Å². The highest BCUT2D eigenvalue weighted by atomic mass is 19.4. The number of carboxylic acid groups (broad SMARTS) is 1. The Morgan fingerprint density at radius 1 is 1.06 bits per heavy atom. The molecule has 196 valence electrons. The molecular formula is C30H38F3NO2. The first-order chi connectivity index (χ1) is 17.0. The topological polar surface area (TPSA) is 40.5 Å². The number of rotatable bonds is 9. The molecule has 0 bridgehead atoms. The van der Waals surface area contributed by atoms with Gasteiger partial charge in [-0.2, -0.15) is 13.2 Å². The third-order valence-corrected chi connectivity index (χ3v) is 6.88. The molecule has 2 aromatic carbocycles. The van der Waals surface area contributed by atoms with Crippen molar-refractivity contribution in [1.29, 1.82) is 0 Å². The van der Waals surface area contributed by atoms with E-state index in [-0.39, 0.29) is 29.4 Å². The van der Waals surface area contributed by atoms with Gasteiger partial charge in [0, 0.05) is 6.54 Å². The highest BCUT2D eigenvalue weighted by molar-refractivity contribution is 5.79. The number of hydrogen-bond donors (Lipinski definition) is 1. The second-order valence-electron chi connectivity index (χ2n) is 10.7. The normalized spacial score (nSPS) is 16.8. The van der Waals surface area contributed by atoms with E-state index in [1.165, 1.54) is 6.07 Å². The predicted molar refractivity (Wildman–Crippen MR) is 139 cm³/mol. The summed E-state index contributed by atoms with van der Waals surface area (Å²) in [6, 6.07) is 12.4. The van der Waals surface area contributed by atoms with Gasteiger partial charge in [0.05, 0.1) is 11.5 Å². The first kappa shape index (κ1) is 28.0. The summed E-state index contributed by atoms with van der Waals surface area (Å²) < 4.78 is 44.0. The van der Waals surface area contributed by atoms with Gasteiger partial charge in [-0.1, -0.05) is 76.2 Å². The molecule has 1 fully saturated rings. The summed E-state index contributed by atoms with van der Waals surface area (Å²) in [5.41, 5.74) is 0.825. The largest absolute Gasteiger partial charge is 0.481 e. The summed E-state index contributed by atoms with van der Waals surface area (Å²) in [5.74, 6) is -2.30. The standard InChI is InChI=1S/C30H38F3NO2/c1-20(2)9-8-14-34-15-12-23(13-16-34)25-18-24(22-10-6-5-7-11-22)19-26(28(25)30(31,32)33)27(29(35)36)17-21(3)4/h5-11,18-21,23,27H,12-17H2,1-4H3,(H,35,36). The van der Waals surface area contributed by atoms with E-state index in [2.05, 4.69) is 30.9 Å². The Bertz CT molecular complexity index is 1040. The molecule has 0 radical (unpaired) electrons. The van der Waals surface area contributed by atoms with Gasteiger partial charge in [-0.3, -0.25) is 9.69 Å². The van der Waals surface area contributed by atoms with Crippen LogP contribution in [0.2, 0.25) is 0 Å². The van der Waals surface area contributed by atoms with Crippen molar-refractivity contribution in [2.24, 2.45) is 11.8 Å². The Kier molecular flexibility index (Phi) is 9.40. The summed E-state index contributed by atoms with van der Waals surface area (Å²) in [4.78, 5) is 14.5. The van der Waals surface area contributed by atoms with Crippen LogP contribution in [-0.4, -0.2) is 35.6 Å². The second-order valence-corrected chi connectivity index (χ2v) is 10.7. The number of benzene rings is 2. The maximum Gasteiger partial charge on any atom is 0.416 e. The van der Waals surface area contributed by atoms with E-state index in [1.807, 2.05) is 44.2 Å². The number of aliphatic carboxylic acids is 1. The molecule has 0 aliphatic carbocycles. The van der Waals surface area contributed by atoms with Crippen molar-refractivity contribution in [3.8, 4) is 11.1 Å². The van der Waals surface area contributed by atoms with Gasteiger partial charge in [0.1, 0.15) is 0 Å². The molecule has 1 heterocycles. The van der Waals surface area contributed by atoms with Gasteiger partial charge >= 0.3 is 12.1 Å². The lowest BCUT2D eigenvalue weighted by molar-refractivity contribution is -0.142. The minimum atomic E-state index is -4.64. The summed E-state index contributed by atoms with van der Waals surface area (Å²) in [5, 5.41) is 10.0. The van der Waals surface area contributed by atoms with Crippen molar-refractivity contribution < 1.29 is 23.1 Å². The molecule has 0 aromatic heterocycles. The number of allylic oxidation sites excluding steroid dienone is 1. The first-order valence-corrected chi connectivity index (χ1v) is 12.9. The Balaban J connectivity index is 2.09. The summed E-state index contributed by atoms with van der Waals surface area (Å²) in [6.07, 6.45) is 1.00. The molecule has 0 spiro atoms. The quantitative estimate of drug-likeness (QED) is 0.354. The van der Waals surface area contributed by atoms with E-state index in [0.717, 1.165) is 12.1 Å². The molecule has 0 amide bonds. The zero-order chi connectivity index (χ0) is 26.5. The minimum Gasteiger partial charge on any atom is -0.481 e. The van der Waals surface area contributed by atoms with Gasteiger partial charge < -0.3 is 5.11 Å². The van der Waals surface area contributed by atoms with Crippen LogP contribution >= 0.6 is 0 Å². The smallest absolute Gasteiger partial charge is 0.416 e. The van der Waals surface area contributed by atoms with E-state index in [0.29, 0.717) is 37.4 Å². The van der Waals surface area contributed by atoms with Crippen LogP contribution in [0.3, 0.4) is 0 Å². The third kappa shape index (κ3) is 7.22. The maximum atomic E-state index is 14.7. The van der Waals surface area contributed by atoms with Crippen LogP contribution < -0.4 is 0 Å². The Labute approximate surface area is 213 Å². The van der Waals surface area contributed by atoms with Crippen LogP contribution in [0.5, 0.6) is 0 Å². The van der Waals surface area contributed by atoms with E-state index >= 15 is 0 Å². The van der Waals surface area contributed by atoms with Gasteiger partial charge in [0.25, 0.3) is 0 Å². The number of likely N-dealkylation sites (tertiary alicyclic amines) is 1. The fourth-order valence-electron chi connectivity index (χ4n) is 5.15. The van der Waals surface area contributed by atoms with E-state index < -0.39 is 23.6 Å². The van der Waals surface area contributed by atoms with Crippen LogP contribution in [-0.2, 0) is 11.0 Å². The SMILES string of the molecule is CC(C)C=CCN1CCC(c2cc(-c3ccccc3)cc(C(CC(C)C)C(=O)O)c2C(F)(F)F)CC1. The van der Waals surface area contributed by atoms with Gasteiger partial charge in [-0.25, -0.2) is 0 Å². The van der Waals surface area contributed by atoms with Crippen molar-refractivity contribution >= 4 is 5.97 Å². The molecule has 1 N–H and O–H groups in total. The molecule has 1 aliphatic heterocycles. The predicted octanol–water partition coefficient (Wildman–Crippen LogP) is 7.98. The molecule has 3 rings (SSSR count). The van der Waals surface area contributed by atoms with Crippen LogP contribution in [0.4, 0.5) is 13.2 Å². The molecule has 1 atom stereocenters. The lowest BCUT2D eigenvalue weighted by Crippen LogP contribution is -2.34. The number of nitrogens with zero attached hydrogens (tertiary/aromatic N) is 1. The molecule has 1 aliphatic rings. The fourth-order valence-corrected chi connectivity index (χ4v) is 5.15. The highest BCUT2D eigenvalue weighted by Gasteiger charge is 2.41. The molecule has 0 saturated carbocycles. The third-order valence-electron chi connectivity index (χ3n) is 6.88. The molecular weight excluding hydrogens is 463 g/mol. The molecule has 3 nitrogen and oxygen atoms in total. The Morgan fingerprint density at radius 3 is 2.22 bits per heavy atom. The summed E-state index contributed by atoms with van der Waals surface area (Å²) in [7, 11) is 0. The zero-order valence-electron chi connectivity index (χ0n) is 21.7. The van der Waals surface area contributed by atoms with Gasteiger partial charge in [0.15, 0.2) is 0 Å². The number of hydrogen-bond acceptors (Lipinski definition) is 2. The van der Waals surface area contributed by atoms with Crippen LogP contribution in [0.1, 0.15) is 75.5 Å². The van der Waals surface area contributed by atoms with Crippen molar-refractivity contribution in [3.63, 3.8) is 0 Å². The second kappa shape index (κ2) is 12.1. The minimum absolute atomic E-state index is 0.0573. The summed E-state index contributed by atoms with van der Waals surface area (Å²) in [6.45, 7) is 10.1. The molecule has 1 saturated heterocycles. The highest BCUT2D eigenvalue weighted by Crippen LogP contribution is 2.46. The number of carboxylic acids is 1. The van der Waals surface area contributed by atoms with Gasteiger partial charge in [-0.15, -0.1) is 0 Å². The average Bonchev–Trinajstić information content (AvgIpc) is 2.81. The number of alkyl halides is 3. The van der Waals surface area contributed by atoms with E-state index in [9.17, 15) is 23.1 Å². The Morgan fingerprint density at radius 2 is 1.69 bits per heavy atom. The molecule has 1 unspecified atom stereocenters. The monoisotopic (exact) mass is 501 g/mol. The lowest BCUT2D eigenvalue weighted by Gasteiger charge is -2.34. The number of piperidine rings is 1. The van der Waals surface area contributed by atoms with Gasteiger partial charge in [0.2, 0.25) is 0 Å². The van der Waals surface area contributed by atoms with E-state index in [1.54, 1.807) is 6.07 Å². The maximum absolute atomic E-state index is 14.7. The lowest BCUT2D eigenvalue weighted by atomic mass is 9.78. The molecule has 2 aromatic rings. The first-order valence-electron chi connectivity index (χ1n) is 12.9. The van der Waals surface area contributed by atoms with Crippen molar-refractivity contribution in [3.05, 3.63) is 71.3 Å². The zero-order valence-corrected chi connectivity index (χ0v) is 21.7. The van der Waals surface area contributed by atoms with Crippen molar-refractivity contribution in [2.75, 3.05) is 19.6 Å². The summed E-state index contributed by atoms with van der Waals surface area (Å²) >= 11 is 0. The van der Waals surface area contributed by atoms with Crippen LogP contribution in [0, 0.1) is 11.8 Å². The van der Waals surface area contributed by atoms with Gasteiger partial charge in [-0.05, 0) is 78.4 Å². The van der Waals surface area contributed by atoms with E-state index in [4.69, 9.17) is 0 Å². The molecule has 36 heavy (non-hydrogen) atoms. The number of carbonyl (C=O) groups is 1. The fraction of sp³-hybridized carbons (Fsp3) is 0.500. The average molecular weight is 502 g/mol. The Hall–Kier alpha value is -2.60. The molecule has 6 heteroatoms. The van der Waals surface area contributed by atoms with Crippen LogP contribution in [0.15, 0.2) is 54.6 Å².